The number of amides is 2. The van der Waals surface area contributed by atoms with Crippen LogP contribution in [-0.4, -0.2) is 25.5 Å². The Kier molecular flexibility index (Phi) is 4.02. The highest BCUT2D eigenvalue weighted by molar-refractivity contribution is 6.07. The van der Waals surface area contributed by atoms with Crippen molar-refractivity contribution in [2.24, 2.45) is 0 Å². The van der Waals surface area contributed by atoms with Crippen LogP contribution in [0.4, 0.5) is 11.4 Å². The Morgan fingerprint density at radius 3 is 2.83 bits per heavy atom. The first-order valence-electron chi connectivity index (χ1n) is 7.41. The summed E-state index contributed by atoms with van der Waals surface area (Å²) < 4.78 is 5.25. The molecule has 2 aromatic carbocycles. The molecule has 1 heterocycles. The van der Waals surface area contributed by atoms with Crippen LogP contribution in [0.5, 0.6) is 5.75 Å². The maximum absolute atomic E-state index is 12.3. The number of carbonyl (C=O) groups excluding carboxylic acids is 2. The number of carbonyl (C=O) groups is 2. The Bertz CT molecular complexity index is 771. The predicted octanol–water partition coefficient (Wildman–Crippen LogP) is 2.53. The molecule has 0 atom stereocenters. The number of anilines is 2. The van der Waals surface area contributed by atoms with E-state index < -0.39 is 0 Å². The minimum absolute atomic E-state index is 0.00700. The van der Waals surface area contributed by atoms with Crippen LogP contribution in [0.1, 0.15) is 11.1 Å². The molecular formula is C18H18N2O3. The fraction of sp³-hybridized carbons (Fsp3) is 0.222. The normalized spacial score (nSPS) is 13.0. The molecule has 0 spiro atoms. The van der Waals surface area contributed by atoms with Crippen LogP contribution < -0.4 is 15.0 Å². The molecule has 0 bridgehead atoms. The number of fused-ring (bicyclic) bond motifs is 1. The fourth-order valence-electron chi connectivity index (χ4n) is 2.74. The molecule has 0 saturated heterocycles. The van der Waals surface area contributed by atoms with Crippen LogP contribution in [0.3, 0.4) is 0 Å². The summed E-state index contributed by atoms with van der Waals surface area (Å²) in [6.45, 7) is 1.93. The third-order valence-electron chi connectivity index (χ3n) is 3.86. The third-order valence-corrected chi connectivity index (χ3v) is 3.86. The van der Waals surface area contributed by atoms with Gasteiger partial charge in [0.05, 0.1) is 19.2 Å². The van der Waals surface area contributed by atoms with Crippen molar-refractivity contribution in [3.05, 3.63) is 53.6 Å². The largest absolute Gasteiger partial charge is 0.495 e. The number of methoxy groups -OCH3 is 1. The van der Waals surface area contributed by atoms with Gasteiger partial charge in [0.25, 0.3) is 0 Å². The first-order valence-corrected chi connectivity index (χ1v) is 7.41. The molecule has 1 aliphatic rings. The van der Waals surface area contributed by atoms with Gasteiger partial charge in [-0.2, -0.15) is 0 Å². The molecule has 3 rings (SSSR count). The average molecular weight is 310 g/mol. The summed E-state index contributed by atoms with van der Waals surface area (Å²) in [5, 5.41) is 2.82. The van der Waals surface area contributed by atoms with E-state index in [9.17, 15) is 9.59 Å². The monoisotopic (exact) mass is 310 g/mol. The van der Waals surface area contributed by atoms with Crippen molar-refractivity contribution in [3.8, 4) is 5.75 Å². The fourth-order valence-corrected chi connectivity index (χ4v) is 2.74. The highest BCUT2D eigenvalue weighted by Crippen LogP contribution is 2.29. The van der Waals surface area contributed by atoms with Gasteiger partial charge in [-0.25, -0.2) is 0 Å². The van der Waals surface area contributed by atoms with Gasteiger partial charge in [0, 0.05) is 5.69 Å². The van der Waals surface area contributed by atoms with Gasteiger partial charge in [0.1, 0.15) is 12.3 Å². The molecule has 118 valence electrons. The van der Waals surface area contributed by atoms with Crippen molar-refractivity contribution in [2.45, 2.75) is 13.3 Å². The van der Waals surface area contributed by atoms with E-state index in [0.717, 1.165) is 16.8 Å². The van der Waals surface area contributed by atoms with E-state index in [1.54, 1.807) is 13.2 Å². The van der Waals surface area contributed by atoms with Crippen LogP contribution in [0.15, 0.2) is 42.5 Å². The van der Waals surface area contributed by atoms with Crippen LogP contribution in [0.25, 0.3) is 0 Å². The van der Waals surface area contributed by atoms with Crippen molar-refractivity contribution >= 4 is 23.2 Å². The second-order valence-electron chi connectivity index (χ2n) is 5.54. The SMILES string of the molecule is COc1ccc(C)cc1NC(=O)CN1C(=O)Cc2ccccc21. The second-order valence-corrected chi connectivity index (χ2v) is 5.54. The number of benzene rings is 2. The van der Waals surface area contributed by atoms with Gasteiger partial charge in [0.15, 0.2) is 0 Å². The zero-order chi connectivity index (χ0) is 16.4. The Hall–Kier alpha value is -2.82. The van der Waals surface area contributed by atoms with Gasteiger partial charge < -0.3 is 15.0 Å². The highest BCUT2D eigenvalue weighted by Gasteiger charge is 2.28. The molecular weight excluding hydrogens is 292 g/mol. The molecule has 0 saturated carbocycles. The third kappa shape index (κ3) is 3.04. The molecule has 2 amide bonds. The zero-order valence-corrected chi connectivity index (χ0v) is 13.1. The van der Waals surface area contributed by atoms with E-state index in [0.29, 0.717) is 17.9 Å². The second kappa shape index (κ2) is 6.12. The smallest absolute Gasteiger partial charge is 0.244 e. The Morgan fingerprint density at radius 2 is 2.04 bits per heavy atom. The van der Waals surface area contributed by atoms with Crippen LogP contribution in [-0.2, 0) is 16.0 Å². The molecule has 5 nitrogen and oxygen atoms in total. The van der Waals surface area contributed by atoms with E-state index in [4.69, 9.17) is 4.74 Å². The lowest BCUT2D eigenvalue weighted by Crippen LogP contribution is -2.35. The van der Waals surface area contributed by atoms with Crippen molar-refractivity contribution < 1.29 is 14.3 Å². The van der Waals surface area contributed by atoms with Crippen molar-refractivity contribution in [3.63, 3.8) is 0 Å². The van der Waals surface area contributed by atoms with E-state index in [-0.39, 0.29) is 18.4 Å². The molecule has 0 aromatic heterocycles. The summed E-state index contributed by atoms with van der Waals surface area (Å²) in [4.78, 5) is 26.0. The van der Waals surface area contributed by atoms with Gasteiger partial charge in [0.2, 0.25) is 11.8 Å². The Balaban J connectivity index is 1.76. The van der Waals surface area contributed by atoms with Gasteiger partial charge in [-0.3, -0.25) is 9.59 Å². The van der Waals surface area contributed by atoms with Gasteiger partial charge in [-0.15, -0.1) is 0 Å². The topological polar surface area (TPSA) is 58.6 Å². The first kappa shape index (κ1) is 15.1. The molecule has 0 unspecified atom stereocenters. The highest BCUT2D eigenvalue weighted by atomic mass is 16.5. The zero-order valence-electron chi connectivity index (χ0n) is 13.1. The summed E-state index contributed by atoms with van der Waals surface area (Å²) in [6, 6.07) is 13.1. The first-order chi connectivity index (χ1) is 11.1. The molecule has 0 fully saturated rings. The Morgan fingerprint density at radius 1 is 1.26 bits per heavy atom. The minimum atomic E-state index is -0.251. The number of nitrogens with zero attached hydrogens (tertiary/aromatic N) is 1. The number of hydrogen-bond acceptors (Lipinski definition) is 3. The van der Waals surface area contributed by atoms with Crippen LogP contribution >= 0.6 is 0 Å². The van der Waals surface area contributed by atoms with Gasteiger partial charge >= 0.3 is 0 Å². The standard InChI is InChI=1S/C18H18N2O3/c1-12-7-8-16(23-2)14(9-12)19-17(21)11-20-15-6-4-3-5-13(15)10-18(20)22/h3-9H,10-11H2,1-2H3,(H,19,21). The molecule has 23 heavy (non-hydrogen) atoms. The lowest BCUT2D eigenvalue weighted by atomic mass is 10.2. The number of nitrogens with one attached hydrogen (secondary N) is 1. The molecule has 1 aliphatic heterocycles. The molecule has 1 N–H and O–H groups in total. The quantitative estimate of drug-likeness (QED) is 0.944. The molecule has 2 aromatic rings. The van der Waals surface area contributed by atoms with E-state index >= 15 is 0 Å². The number of hydrogen-bond donors (Lipinski definition) is 1. The lowest BCUT2D eigenvalue weighted by molar-refractivity contribution is -0.120. The lowest BCUT2D eigenvalue weighted by Gasteiger charge is -2.18. The molecule has 0 radical (unpaired) electrons. The average Bonchev–Trinajstić information content (AvgIpc) is 2.83. The van der Waals surface area contributed by atoms with Crippen molar-refractivity contribution in [2.75, 3.05) is 23.9 Å². The van der Waals surface area contributed by atoms with Crippen molar-refractivity contribution in [1.82, 2.24) is 0 Å². The Labute approximate surface area is 134 Å². The van der Waals surface area contributed by atoms with Gasteiger partial charge in [-0.05, 0) is 36.2 Å². The van der Waals surface area contributed by atoms with E-state index in [1.165, 1.54) is 4.90 Å². The van der Waals surface area contributed by atoms with E-state index in [2.05, 4.69) is 5.32 Å². The van der Waals surface area contributed by atoms with Gasteiger partial charge in [-0.1, -0.05) is 24.3 Å². The summed E-state index contributed by atoms with van der Waals surface area (Å²) in [6.07, 6.45) is 0.344. The summed E-state index contributed by atoms with van der Waals surface area (Å²) >= 11 is 0. The summed E-state index contributed by atoms with van der Waals surface area (Å²) in [5.74, 6) is 0.286. The van der Waals surface area contributed by atoms with Crippen molar-refractivity contribution in [1.29, 1.82) is 0 Å². The summed E-state index contributed by atoms with van der Waals surface area (Å²) in [5.41, 5.74) is 3.39. The molecule has 5 heteroatoms. The molecule has 0 aliphatic carbocycles. The maximum atomic E-state index is 12.3. The van der Waals surface area contributed by atoms with Crippen LogP contribution in [0, 0.1) is 6.92 Å². The number of ether oxygens (including phenoxy) is 1. The minimum Gasteiger partial charge on any atom is -0.495 e. The van der Waals surface area contributed by atoms with Crippen LogP contribution in [0.2, 0.25) is 0 Å². The number of aryl methyl sites for hydroxylation is 1. The number of rotatable bonds is 4. The number of para-hydroxylation sites is 1. The predicted molar refractivity (Wildman–Crippen MR) is 88.9 cm³/mol. The van der Waals surface area contributed by atoms with E-state index in [1.807, 2.05) is 43.3 Å². The maximum Gasteiger partial charge on any atom is 0.244 e. The summed E-state index contributed by atoms with van der Waals surface area (Å²) in [7, 11) is 1.56.